The summed E-state index contributed by atoms with van der Waals surface area (Å²) >= 11 is 0. The Labute approximate surface area is 92.7 Å². The molecule has 2 N–H and O–H groups in total. The van der Waals surface area contributed by atoms with Crippen LogP contribution < -0.4 is 5.73 Å². The molecule has 0 aliphatic heterocycles. The van der Waals surface area contributed by atoms with Gasteiger partial charge in [0.05, 0.1) is 0 Å². The van der Waals surface area contributed by atoms with Crippen molar-refractivity contribution in [3.8, 4) is 0 Å². The van der Waals surface area contributed by atoms with Crippen molar-refractivity contribution in [2.45, 2.75) is 39.0 Å². The van der Waals surface area contributed by atoms with Crippen LogP contribution in [0.4, 0.5) is 0 Å². The summed E-state index contributed by atoms with van der Waals surface area (Å²) in [6.07, 6.45) is 3.84. The van der Waals surface area contributed by atoms with Crippen LogP contribution in [-0.2, 0) is 6.42 Å². The molecule has 0 aromatic heterocycles. The van der Waals surface area contributed by atoms with E-state index in [0.717, 1.165) is 18.9 Å². The molecule has 1 aromatic rings. The molecule has 1 aromatic carbocycles. The second-order valence-electron chi connectivity index (χ2n) is 5.56. The maximum Gasteiger partial charge on any atom is -0.00226 e. The van der Waals surface area contributed by atoms with E-state index in [-0.39, 0.29) is 5.41 Å². The van der Waals surface area contributed by atoms with Gasteiger partial charge in [-0.25, -0.2) is 0 Å². The third-order valence-electron chi connectivity index (χ3n) is 3.26. The highest BCUT2D eigenvalue weighted by atomic mass is 14.6. The van der Waals surface area contributed by atoms with E-state index in [0.29, 0.717) is 0 Å². The minimum Gasteiger partial charge on any atom is -0.330 e. The van der Waals surface area contributed by atoms with Crippen LogP contribution in [0.25, 0.3) is 0 Å². The third kappa shape index (κ3) is 2.82. The Morgan fingerprint density at radius 1 is 1.20 bits per heavy atom. The lowest BCUT2D eigenvalue weighted by molar-refractivity contribution is 0.377. The van der Waals surface area contributed by atoms with E-state index in [4.69, 9.17) is 5.73 Å². The minimum atomic E-state index is 0.223. The van der Waals surface area contributed by atoms with Gasteiger partial charge in [0.1, 0.15) is 0 Å². The molecule has 82 valence electrons. The van der Waals surface area contributed by atoms with E-state index in [1.807, 2.05) is 0 Å². The smallest absolute Gasteiger partial charge is 0.00226 e. The van der Waals surface area contributed by atoms with Gasteiger partial charge in [-0.2, -0.15) is 0 Å². The van der Waals surface area contributed by atoms with Gasteiger partial charge in [-0.15, -0.1) is 0 Å². The molecular formula is C14H21N. The molecule has 15 heavy (non-hydrogen) atoms. The van der Waals surface area contributed by atoms with Gasteiger partial charge in [0.2, 0.25) is 0 Å². The quantitative estimate of drug-likeness (QED) is 0.799. The Balaban J connectivity index is 2.03. The summed E-state index contributed by atoms with van der Waals surface area (Å²) in [7, 11) is 0. The van der Waals surface area contributed by atoms with Crippen LogP contribution in [0.5, 0.6) is 0 Å². The van der Waals surface area contributed by atoms with Crippen LogP contribution in [0.1, 0.15) is 43.7 Å². The van der Waals surface area contributed by atoms with Crippen molar-refractivity contribution in [3.63, 3.8) is 0 Å². The summed E-state index contributed by atoms with van der Waals surface area (Å²) in [4.78, 5) is 0. The zero-order valence-electron chi connectivity index (χ0n) is 9.79. The molecule has 1 nitrogen and oxygen atoms in total. The molecule has 1 saturated carbocycles. The van der Waals surface area contributed by atoms with E-state index >= 15 is 0 Å². The fourth-order valence-electron chi connectivity index (χ4n) is 1.95. The molecule has 0 saturated heterocycles. The van der Waals surface area contributed by atoms with Crippen molar-refractivity contribution in [2.24, 2.45) is 11.1 Å². The zero-order valence-corrected chi connectivity index (χ0v) is 9.79. The molecular weight excluding hydrogens is 182 g/mol. The minimum absolute atomic E-state index is 0.223. The first-order valence-electron chi connectivity index (χ1n) is 5.90. The van der Waals surface area contributed by atoms with Crippen LogP contribution in [-0.4, -0.2) is 6.54 Å². The Morgan fingerprint density at radius 3 is 2.27 bits per heavy atom. The topological polar surface area (TPSA) is 26.0 Å². The summed E-state index contributed by atoms with van der Waals surface area (Å²) in [6.45, 7) is 5.20. The zero-order chi connectivity index (χ0) is 10.9. The summed E-state index contributed by atoms with van der Waals surface area (Å²) in [5.41, 5.74) is 8.90. The van der Waals surface area contributed by atoms with E-state index in [1.54, 1.807) is 0 Å². The van der Waals surface area contributed by atoms with Crippen molar-refractivity contribution in [2.75, 3.05) is 6.54 Å². The Bertz CT molecular complexity index is 320. The van der Waals surface area contributed by atoms with E-state index in [1.165, 1.54) is 24.0 Å². The van der Waals surface area contributed by atoms with E-state index < -0.39 is 0 Å². The fraction of sp³-hybridized carbons (Fsp3) is 0.571. The first-order valence-corrected chi connectivity index (χ1v) is 5.90. The van der Waals surface area contributed by atoms with Gasteiger partial charge in [0.15, 0.2) is 0 Å². The van der Waals surface area contributed by atoms with Crippen LogP contribution in [0.3, 0.4) is 0 Å². The highest BCUT2D eigenvalue weighted by Gasteiger charge is 2.23. The molecule has 0 bridgehead atoms. The predicted molar refractivity (Wildman–Crippen MR) is 65.0 cm³/mol. The molecule has 0 heterocycles. The van der Waals surface area contributed by atoms with Gasteiger partial charge in [0.25, 0.3) is 0 Å². The summed E-state index contributed by atoms with van der Waals surface area (Å²) in [5.74, 6) is 0.863. The summed E-state index contributed by atoms with van der Waals surface area (Å²) < 4.78 is 0. The molecule has 0 radical (unpaired) electrons. The Kier molecular flexibility index (Phi) is 2.83. The van der Waals surface area contributed by atoms with Gasteiger partial charge < -0.3 is 5.73 Å². The predicted octanol–water partition coefficient (Wildman–Crippen LogP) is 3.09. The van der Waals surface area contributed by atoms with Gasteiger partial charge in [-0.1, -0.05) is 38.1 Å². The Hall–Kier alpha value is -0.820. The van der Waals surface area contributed by atoms with Crippen molar-refractivity contribution in [1.29, 1.82) is 0 Å². The van der Waals surface area contributed by atoms with Crippen molar-refractivity contribution < 1.29 is 0 Å². The molecule has 1 aliphatic carbocycles. The average molecular weight is 203 g/mol. The Morgan fingerprint density at radius 2 is 1.80 bits per heavy atom. The van der Waals surface area contributed by atoms with Crippen LogP contribution in [0, 0.1) is 5.41 Å². The number of nitrogens with two attached hydrogens (primary N) is 1. The SMILES string of the molecule is CC(C)(CN)Cc1ccc(C2CC2)cc1. The molecule has 0 atom stereocenters. The van der Waals surface area contributed by atoms with Crippen molar-refractivity contribution in [1.82, 2.24) is 0 Å². The third-order valence-corrected chi connectivity index (χ3v) is 3.26. The van der Waals surface area contributed by atoms with Gasteiger partial charge >= 0.3 is 0 Å². The largest absolute Gasteiger partial charge is 0.330 e. The molecule has 0 unspecified atom stereocenters. The standard InChI is InChI=1S/C14H21N/c1-14(2,10-15)9-11-3-5-12(6-4-11)13-7-8-13/h3-6,13H,7-10,15H2,1-2H3. The molecule has 1 aliphatic rings. The van der Waals surface area contributed by atoms with Crippen LogP contribution in [0.15, 0.2) is 24.3 Å². The molecule has 1 heteroatoms. The maximum atomic E-state index is 5.74. The van der Waals surface area contributed by atoms with Gasteiger partial charge in [0, 0.05) is 0 Å². The maximum absolute atomic E-state index is 5.74. The van der Waals surface area contributed by atoms with E-state index in [9.17, 15) is 0 Å². The first-order chi connectivity index (χ1) is 7.11. The summed E-state index contributed by atoms with van der Waals surface area (Å²) in [6, 6.07) is 9.12. The number of benzene rings is 1. The first kappa shape index (κ1) is 10.7. The lowest BCUT2D eigenvalue weighted by Crippen LogP contribution is -2.25. The molecule has 0 spiro atoms. The summed E-state index contributed by atoms with van der Waals surface area (Å²) in [5, 5.41) is 0. The molecule has 0 amide bonds. The lowest BCUT2D eigenvalue weighted by atomic mass is 9.86. The second kappa shape index (κ2) is 3.97. The average Bonchev–Trinajstić information content (AvgIpc) is 3.02. The highest BCUT2D eigenvalue weighted by Crippen LogP contribution is 2.40. The second-order valence-corrected chi connectivity index (χ2v) is 5.56. The fourth-order valence-corrected chi connectivity index (χ4v) is 1.95. The van der Waals surface area contributed by atoms with Gasteiger partial charge in [-0.05, 0) is 48.3 Å². The number of rotatable bonds is 4. The van der Waals surface area contributed by atoms with Crippen LogP contribution >= 0.6 is 0 Å². The number of hydrogen-bond donors (Lipinski definition) is 1. The van der Waals surface area contributed by atoms with Gasteiger partial charge in [-0.3, -0.25) is 0 Å². The van der Waals surface area contributed by atoms with E-state index in [2.05, 4.69) is 38.1 Å². The lowest BCUT2D eigenvalue weighted by Gasteiger charge is -2.22. The number of hydrogen-bond acceptors (Lipinski definition) is 1. The van der Waals surface area contributed by atoms with Crippen LogP contribution in [0.2, 0.25) is 0 Å². The normalized spacial score (nSPS) is 16.7. The highest BCUT2D eigenvalue weighted by molar-refractivity contribution is 5.28. The van der Waals surface area contributed by atoms with Crippen molar-refractivity contribution in [3.05, 3.63) is 35.4 Å². The van der Waals surface area contributed by atoms with Crippen molar-refractivity contribution >= 4 is 0 Å². The molecule has 1 fully saturated rings. The molecule has 2 rings (SSSR count). The monoisotopic (exact) mass is 203 g/mol.